The maximum atomic E-state index is 13.0. The van der Waals surface area contributed by atoms with Crippen LogP contribution in [0.25, 0.3) is 22.3 Å². The minimum Gasteiger partial charge on any atom is -0.360 e. The summed E-state index contributed by atoms with van der Waals surface area (Å²) < 4.78 is 2.26. The summed E-state index contributed by atoms with van der Waals surface area (Å²) in [6.45, 7) is 2.31. The Kier molecular flexibility index (Phi) is 5.59. The Bertz CT molecular complexity index is 1200. The Morgan fingerprint density at radius 1 is 1.16 bits per heavy atom. The number of ketones is 1. The molecule has 0 radical (unpaired) electrons. The molecule has 1 aromatic carbocycles. The lowest BCUT2D eigenvalue weighted by Crippen LogP contribution is -2.22. The highest BCUT2D eigenvalue weighted by molar-refractivity contribution is 7.99. The number of aromatic nitrogens is 5. The van der Waals surface area contributed by atoms with Crippen molar-refractivity contribution in [3.63, 3.8) is 0 Å². The van der Waals surface area contributed by atoms with Crippen LogP contribution in [0, 0.1) is 5.92 Å². The second kappa shape index (κ2) is 8.67. The predicted octanol–water partition coefficient (Wildman–Crippen LogP) is 5.55. The number of para-hydroxylation sites is 1. The van der Waals surface area contributed by atoms with E-state index >= 15 is 0 Å². The monoisotopic (exact) mass is 431 g/mol. The third-order valence-corrected chi connectivity index (χ3v) is 7.15. The highest BCUT2D eigenvalue weighted by atomic mass is 32.2. The third kappa shape index (κ3) is 3.90. The number of rotatable bonds is 6. The Labute approximate surface area is 185 Å². The summed E-state index contributed by atoms with van der Waals surface area (Å²) in [5.74, 6) is 1.81. The molecule has 6 nitrogen and oxygen atoms in total. The van der Waals surface area contributed by atoms with Gasteiger partial charge < -0.3 is 4.98 Å². The number of H-pyrrole nitrogens is 1. The molecule has 3 heterocycles. The number of nitrogens with zero attached hydrogens (tertiary/aromatic N) is 4. The fourth-order valence-corrected chi connectivity index (χ4v) is 5.43. The lowest BCUT2D eigenvalue weighted by molar-refractivity contribution is 0.102. The van der Waals surface area contributed by atoms with E-state index in [1.165, 1.54) is 31.0 Å². The van der Waals surface area contributed by atoms with Crippen molar-refractivity contribution in [1.82, 2.24) is 24.7 Å². The van der Waals surface area contributed by atoms with Crippen molar-refractivity contribution < 1.29 is 4.79 Å². The molecule has 3 aromatic heterocycles. The van der Waals surface area contributed by atoms with Crippen molar-refractivity contribution in [2.24, 2.45) is 5.92 Å². The van der Waals surface area contributed by atoms with Crippen LogP contribution in [0.2, 0.25) is 0 Å². The van der Waals surface area contributed by atoms with E-state index in [0.29, 0.717) is 17.7 Å². The number of hydrogen-bond donors (Lipinski definition) is 1. The van der Waals surface area contributed by atoms with E-state index in [2.05, 4.69) is 31.7 Å². The number of hydrogen-bond acceptors (Lipinski definition) is 5. The molecule has 5 rings (SSSR count). The van der Waals surface area contributed by atoms with Crippen molar-refractivity contribution >= 4 is 28.4 Å². The number of pyridine rings is 1. The first kappa shape index (κ1) is 20.0. The summed E-state index contributed by atoms with van der Waals surface area (Å²) in [5.41, 5.74) is 2.67. The highest BCUT2D eigenvalue weighted by Gasteiger charge is 2.29. The molecule has 0 aliphatic heterocycles. The number of thioether (sulfide) groups is 1. The van der Waals surface area contributed by atoms with Crippen molar-refractivity contribution in [2.45, 2.75) is 43.8 Å². The van der Waals surface area contributed by atoms with E-state index in [1.54, 1.807) is 6.20 Å². The van der Waals surface area contributed by atoms with Gasteiger partial charge in [-0.2, -0.15) is 0 Å². The lowest BCUT2D eigenvalue weighted by Gasteiger charge is -2.31. The quantitative estimate of drug-likeness (QED) is 0.320. The minimum atomic E-state index is 0.0941. The fourth-order valence-electron chi connectivity index (χ4n) is 4.56. The van der Waals surface area contributed by atoms with Gasteiger partial charge in [-0.05, 0) is 37.0 Å². The molecule has 1 fully saturated rings. The van der Waals surface area contributed by atoms with Crippen LogP contribution < -0.4 is 0 Å². The maximum absolute atomic E-state index is 13.0. The zero-order valence-corrected chi connectivity index (χ0v) is 18.3. The van der Waals surface area contributed by atoms with E-state index in [1.807, 2.05) is 48.8 Å². The van der Waals surface area contributed by atoms with Crippen LogP contribution in [0.15, 0.2) is 60.1 Å². The molecule has 1 saturated carbocycles. The molecule has 158 valence electrons. The summed E-state index contributed by atoms with van der Waals surface area (Å²) in [6.07, 6.45) is 10.2. The van der Waals surface area contributed by atoms with Crippen molar-refractivity contribution in [1.29, 1.82) is 0 Å². The zero-order chi connectivity index (χ0) is 21.2. The second-order valence-electron chi connectivity index (χ2n) is 8.21. The van der Waals surface area contributed by atoms with Gasteiger partial charge in [-0.3, -0.25) is 14.3 Å². The minimum absolute atomic E-state index is 0.0941. The van der Waals surface area contributed by atoms with Crippen LogP contribution in [0.1, 0.15) is 49.0 Å². The summed E-state index contributed by atoms with van der Waals surface area (Å²) in [6, 6.07) is 12.2. The predicted molar refractivity (Wildman–Crippen MR) is 123 cm³/mol. The summed E-state index contributed by atoms with van der Waals surface area (Å²) in [5, 5.41) is 10.8. The third-order valence-electron chi connectivity index (χ3n) is 6.20. The number of carbonyl (C=O) groups is 1. The van der Waals surface area contributed by atoms with Gasteiger partial charge >= 0.3 is 0 Å². The topological polar surface area (TPSA) is 76.5 Å². The van der Waals surface area contributed by atoms with E-state index < -0.39 is 0 Å². The molecule has 0 bridgehead atoms. The first-order valence-corrected chi connectivity index (χ1v) is 11.8. The summed E-state index contributed by atoms with van der Waals surface area (Å²) in [4.78, 5) is 20.5. The van der Waals surface area contributed by atoms with Crippen molar-refractivity contribution in [3.8, 4) is 11.4 Å². The zero-order valence-electron chi connectivity index (χ0n) is 17.5. The van der Waals surface area contributed by atoms with Crippen molar-refractivity contribution in [2.75, 3.05) is 5.75 Å². The molecule has 4 aromatic rings. The van der Waals surface area contributed by atoms with Gasteiger partial charge in [0.2, 0.25) is 0 Å². The average Bonchev–Trinajstić information content (AvgIpc) is 3.43. The molecule has 31 heavy (non-hydrogen) atoms. The Morgan fingerprint density at radius 2 is 2.03 bits per heavy atom. The average molecular weight is 432 g/mol. The van der Waals surface area contributed by atoms with Gasteiger partial charge in [-0.15, -0.1) is 10.2 Å². The maximum Gasteiger partial charge on any atom is 0.192 e. The van der Waals surface area contributed by atoms with Crippen molar-refractivity contribution in [3.05, 3.63) is 60.6 Å². The van der Waals surface area contributed by atoms with Crippen LogP contribution in [0.3, 0.4) is 0 Å². The normalized spacial score (nSPS) is 19.0. The van der Waals surface area contributed by atoms with E-state index in [9.17, 15) is 4.79 Å². The van der Waals surface area contributed by atoms with Crippen LogP contribution in [0.4, 0.5) is 0 Å². The Balaban J connectivity index is 1.45. The molecular formula is C24H25N5OS. The lowest BCUT2D eigenvalue weighted by atomic mass is 9.85. The van der Waals surface area contributed by atoms with Gasteiger partial charge in [0.25, 0.3) is 0 Å². The number of aromatic amines is 1. The molecule has 0 amide bonds. The standard InChI is InChI=1S/C24H25N5OS/c1-16-7-2-5-11-21(16)29-23(17-8-6-12-25-13-17)27-28-24(29)31-15-22(30)19-14-26-20-10-4-3-9-18(19)20/h3-4,6,8-10,12-14,16,21,26H,2,5,7,11,15H2,1H3/t16-,21-/m0/s1. The first-order chi connectivity index (χ1) is 15.2. The van der Waals surface area contributed by atoms with Crippen LogP contribution in [-0.2, 0) is 0 Å². The van der Waals surface area contributed by atoms with E-state index in [4.69, 9.17) is 0 Å². The molecule has 0 unspecified atom stereocenters. The summed E-state index contributed by atoms with van der Waals surface area (Å²) >= 11 is 1.48. The molecule has 2 atom stereocenters. The van der Waals surface area contributed by atoms with Gasteiger partial charge in [-0.25, -0.2) is 0 Å². The van der Waals surface area contributed by atoms with E-state index in [-0.39, 0.29) is 5.78 Å². The van der Waals surface area contributed by atoms with Gasteiger partial charge in [-0.1, -0.05) is 49.7 Å². The molecule has 1 aliphatic carbocycles. The summed E-state index contributed by atoms with van der Waals surface area (Å²) in [7, 11) is 0. The largest absolute Gasteiger partial charge is 0.360 e. The van der Waals surface area contributed by atoms with Gasteiger partial charge in [0.05, 0.1) is 5.75 Å². The van der Waals surface area contributed by atoms with Crippen LogP contribution >= 0.6 is 11.8 Å². The molecule has 0 saturated heterocycles. The Morgan fingerprint density at radius 3 is 2.87 bits per heavy atom. The SMILES string of the molecule is C[C@H]1CCCC[C@@H]1n1c(SCC(=O)c2c[nH]c3ccccc23)nnc1-c1cccnc1. The number of Topliss-reactive ketones (excluding diaryl/α,β-unsaturated/α-hetero) is 1. The molecule has 7 heteroatoms. The smallest absolute Gasteiger partial charge is 0.192 e. The second-order valence-corrected chi connectivity index (χ2v) is 9.15. The van der Waals surface area contributed by atoms with Gasteiger partial charge in [0, 0.05) is 46.7 Å². The number of fused-ring (bicyclic) bond motifs is 1. The highest BCUT2D eigenvalue weighted by Crippen LogP contribution is 2.39. The van der Waals surface area contributed by atoms with Gasteiger partial charge in [0.15, 0.2) is 16.8 Å². The molecule has 1 aliphatic rings. The Hall–Kier alpha value is -2.93. The molecule has 0 spiro atoms. The van der Waals surface area contributed by atoms with Crippen LogP contribution in [0.5, 0.6) is 0 Å². The van der Waals surface area contributed by atoms with Crippen LogP contribution in [-0.4, -0.2) is 36.3 Å². The molecule has 1 N–H and O–H groups in total. The van der Waals surface area contributed by atoms with Gasteiger partial charge in [0.1, 0.15) is 0 Å². The first-order valence-electron chi connectivity index (χ1n) is 10.8. The van der Waals surface area contributed by atoms with E-state index in [0.717, 1.165) is 39.4 Å². The molecular weight excluding hydrogens is 406 g/mol. The number of benzene rings is 1. The number of nitrogens with one attached hydrogen (secondary N) is 1. The number of carbonyl (C=O) groups excluding carboxylic acids is 1. The fraction of sp³-hybridized carbons (Fsp3) is 0.333.